The molecule has 92 valence electrons. The topological polar surface area (TPSA) is 0 Å². The molecule has 0 nitrogen and oxygen atoms in total. The van der Waals surface area contributed by atoms with Gasteiger partial charge in [-0.2, -0.15) is 0 Å². The van der Waals surface area contributed by atoms with Gasteiger partial charge in [-0.1, -0.05) is 50.1 Å². The Kier molecular flexibility index (Phi) is 4.95. The van der Waals surface area contributed by atoms with Gasteiger partial charge in [-0.05, 0) is 36.4 Å². The van der Waals surface area contributed by atoms with Crippen molar-refractivity contribution in [2.75, 3.05) is 0 Å². The molecule has 0 atom stereocenters. The molecule has 0 radical (unpaired) electrons. The van der Waals surface area contributed by atoms with Crippen molar-refractivity contribution >= 4 is 22.4 Å². The van der Waals surface area contributed by atoms with Crippen molar-refractivity contribution in [3.63, 3.8) is 0 Å². The number of halogens is 2. The van der Waals surface area contributed by atoms with E-state index in [2.05, 4.69) is 13.8 Å². The fourth-order valence-electron chi connectivity index (χ4n) is 1.60. The molecular formula is C15H18ClF. The second kappa shape index (κ2) is 6.02. The van der Waals surface area contributed by atoms with Crippen LogP contribution in [-0.4, -0.2) is 0 Å². The van der Waals surface area contributed by atoms with Gasteiger partial charge in [-0.15, -0.1) is 0 Å². The highest BCUT2D eigenvalue weighted by Crippen LogP contribution is 2.29. The molecule has 0 saturated heterocycles. The van der Waals surface area contributed by atoms with Gasteiger partial charge in [0.25, 0.3) is 0 Å². The van der Waals surface area contributed by atoms with Crippen molar-refractivity contribution < 1.29 is 4.39 Å². The number of rotatable bonds is 0. The average molecular weight is 253 g/mol. The third kappa shape index (κ3) is 2.98. The predicted molar refractivity (Wildman–Crippen MR) is 74.4 cm³/mol. The zero-order valence-corrected chi connectivity index (χ0v) is 11.5. The summed E-state index contributed by atoms with van der Waals surface area (Å²) >= 11 is 5.88. The minimum absolute atomic E-state index is 0.214. The number of fused-ring (bicyclic) bond motifs is 1. The lowest BCUT2D eigenvalue weighted by molar-refractivity contribution is 0.630. The van der Waals surface area contributed by atoms with Crippen LogP contribution in [0.2, 0.25) is 5.02 Å². The van der Waals surface area contributed by atoms with Crippen LogP contribution in [0.4, 0.5) is 4.39 Å². The fraction of sp³-hybridized carbons (Fsp3) is 0.333. The van der Waals surface area contributed by atoms with Crippen LogP contribution in [0, 0.1) is 19.7 Å². The molecule has 0 bridgehead atoms. The quantitative estimate of drug-likeness (QED) is 0.567. The monoisotopic (exact) mass is 252 g/mol. The first-order valence-electron chi connectivity index (χ1n) is 5.86. The van der Waals surface area contributed by atoms with Crippen LogP contribution in [0.1, 0.15) is 31.4 Å². The van der Waals surface area contributed by atoms with Crippen LogP contribution >= 0.6 is 11.6 Å². The molecule has 0 N–H and O–H groups in total. The normalized spacial score (nSPS) is 10.0. The van der Waals surface area contributed by atoms with Crippen molar-refractivity contribution in [2.45, 2.75) is 34.1 Å². The summed E-state index contributed by atoms with van der Waals surface area (Å²) in [6.07, 6.45) is 1.25. The minimum Gasteiger partial charge on any atom is -0.205 e. The van der Waals surface area contributed by atoms with E-state index in [9.17, 15) is 4.39 Å². The van der Waals surface area contributed by atoms with Gasteiger partial charge in [-0.3, -0.25) is 0 Å². The highest BCUT2D eigenvalue weighted by atomic mass is 35.5. The smallest absolute Gasteiger partial charge is 0.142 e. The van der Waals surface area contributed by atoms with Crippen LogP contribution in [0.15, 0.2) is 24.3 Å². The van der Waals surface area contributed by atoms with Gasteiger partial charge in [0, 0.05) is 5.39 Å². The third-order valence-electron chi connectivity index (χ3n) is 2.63. The van der Waals surface area contributed by atoms with Gasteiger partial charge in [0.15, 0.2) is 0 Å². The van der Waals surface area contributed by atoms with E-state index in [0.29, 0.717) is 0 Å². The maximum Gasteiger partial charge on any atom is 0.142 e. The first kappa shape index (κ1) is 14.0. The summed E-state index contributed by atoms with van der Waals surface area (Å²) in [5, 5.41) is 2.02. The Labute approximate surface area is 107 Å². The van der Waals surface area contributed by atoms with Gasteiger partial charge in [0.1, 0.15) is 5.82 Å². The van der Waals surface area contributed by atoms with E-state index in [-0.39, 0.29) is 10.8 Å². The number of hydrogen-bond donors (Lipinski definition) is 0. The van der Waals surface area contributed by atoms with Crippen molar-refractivity contribution in [2.24, 2.45) is 0 Å². The predicted octanol–water partition coefficient (Wildman–Crippen LogP) is 5.67. The Bertz CT molecular complexity index is 471. The van der Waals surface area contributed by atoms with E-state index in [1.807, 2.05) is 26.0 Å². The maximum atomic E-state index is 13.1. The Morgan fingerprint density at radius 1 is 1.00 bits per heavy atom. The summed E-state index contributed by atoms with van der Waals surface area (Å²) in [4.78, 5) is 0. The van der Waals surface area contributed by atoms with E-state index in [1.165, 1.54) is 18.1 Å². The Morgan fingerprint density at radius 2 is 1.53 bits per heavy atom. The molecule has 0 aromatic heterocycles. The molecule has 2 aromatic rings. The lowest BCUT2D eigenvalue weighted by atomic mass is 10.0. The molecular weight excluding hydrogens is 235 g/mol. The Hall–Kier alpha value is -1.08. The molecule has 0 spiro atoms. The van der Waals surface area contributed by atoms with Crippen molar-refractivity contribution in [3.8, 4) is 0 Å². The average Bonchev–Trinajstić information content (AvgIpc) is 2.29. The fourth-order valence-corrected chi connectivity index (χ4v) is 1.83. The summed E-state index contributed by atoms with van der Waals surface area (Å²) in [6.45, 7) is 8.30. The number of hydrogen-bond acceptors (Lipinski definition) is 0. The molecule has 0 aliphatic carbocycles. The first-order valence-corrected chi connectivity index (χ1v) is 6.24. The Morgan fingerprint density at radius 3 is 2.12 bits per heavy atom. The van der Waals surface area contributed by atoms with E-state index in [1.54, 1.807) is 6.07 Å². The molecule has 17 heavy (non-hydrogen) atoms. The summed E-state index contributed by atoms with van der Waals surface area (Å²) < 4.78 is 13.1. The summed E-state index contributed by atoms with van der Waals surface area (Å²) in [6, 6.07) is 7.02. The van der Waals surface area contributed by atoms with Crippen LogP contribution < -0.4 is 0 Å². The van der Waals surface area contributed by atoms with Gasteiger partial charge in [0.2, 0.25) is 0 Å². The van der Waals surface area contributed by atoms with Gasteiger partial charge in [0.05, 0.1) is 5.02 Å². The zero-order valence-electron chi connectivity index (χ0n) is 10.8. The van der Waals surface area contributed by atoms with Gasteiger partial charge >= 0.3 is 0 Å². The third-order valence-corrected chi connectivity index (χ3v) is 3.01. The highest BCUT2D eigenvalue weighted by molar-refractivity contribution is 6.35. The standard InChI is InChI=1S/C12H10ClF.C3H8/c1-7-3-4-10-9(8(7)2)5-6-11(14)12(10)13;1-3-2/h3-6H,1-2H3;3H2,1-2H3. The Balaban J connectivity index is 0.000000437. The second-order valence-electron chi connectivity index (χ2n) is 4.17. The lowest BCUT2D eigenvalue weighted by Crippen LogP contribution is -1.86. The van der Waals surface area contributed by atoms with Crippen molar-refractivity contribution in [3.05, 3.63) is 46.2 Å². The molecule has 2 aromatic carbocycles. The van der Waals surface area contributed by atoms with Crippen molar-refractivity contribution in [1.82, 2.24) is 0 Å². The summed E-state index contributed by atoms with van der Waals surface area (Å²) in [7, 11) is 0. The van der Waals surface area contributed by atoms with E-state index in [4.69, 9.17) is 11.6 Å². The second-order valence-corrected chi connectivity index (χ2v) is 4.55. The molecule has 0 aliphatic rings. The number of aryl methyl sites for hydroxylation is 2. The highest BCUT2D eigenvalue weighted by Gasteiger charge is 2.07. The SMILES string of the molecule is CCC.Cc1ccc2c(Cl)c(F)ccc2c1C. The van der Waals surface area contributed by atoms with Crippen LogP contribution in [0.25, 0.3) is 10.8 Å². The lowest BCUT2D eigenvalue weighted by Gasteiger charge is -2.07. The van der Waals surface area contributed by atoms with E-state index < -0.39 is 0 Å². The molecule has 0 unspecified atom stereocenters. The van der Waals surface area contributed by atoms with E-state index >= 15 is 0 Å². The zero-order chi connectivity index (χ0) is 13.0. The molecule has 2 rings (SSSR count). The molecule has 0 heterocycles. The molecule has 2 heteroatoms. The van der Waals surface area contributed by atoms with Crippen LogP contribution in [-0.2, 0) is 0 Å². The van der Waals surface area contributed by atoms with Crippen LogP contribution in [0.5, 0.6) is 0 Å². The van der Waals surface area contributed by atoms with Gasteiger partial charge in [-0.25, -0.2) is 4.39 Å². The van der Waals surface area contributed by atoms with Crippen LogP contribution in [0.3, 0.4) is 0 Å². The number of benzene rings is 2. The molecule has 0 aliphatic heterocycles. The summed E-state index contributed by atoms with van der Waals surface area (Å²) in [5.41, 5.74) is 2.35. The molecule has 0 fully saturated rings. The maximum absolute atomic E-state index is 13.1. The van der Waals surface area contributed by atoms with Gasteiger partial charge < -0.3 is 0 Å². The largest absolute Gasteiger partial charge is 0.205 e. The van der Waals surface area contributed by atoms with E-state index in [0.717, 1.165) is 16.3 Å². The molecule has 0 amide bonds. The first-order chi connectivity index (χ1) is 8.02. The van der Waals surface area contributed by atoms with Crippen molar-refractivity contribution in [1.29, 1.82) is 0 Å². The minimum atomic E-state index is -0.359. The summed E-state index contributed by atoms with van der Waals surface area (Å²) in [5.74, 6) is -0.359. The molecule has 0 saturated carbocycles.